The molecule has 0 atom stereocenters. The van der Waals surface area contributed by atoms with E-state index in [4.69, 9.17) is 20.9 Å². The second-order valence-corrected chi connectivity index (χ2v) is 6.79. The Balaban J connectivity index is 1.75. The maximum Gasteiger partial charge on any atom is 0.264 e. The molecule has 0 saturated carbocycles. The van der Waals surface area contributed by atoms with E-state index in [0.717, 1.165) is 32.5 Å². The van der Waals surface area contributed by atoms with E-state index in [2.05, 4.69) is 33.0 Å². The Labute approximate surface area is 153 Å². The third kappa shape index (κ3) is 3.47. The van der Waals surface area contributed by atoms with Gasteiger partial charge in [0.25, 0.3) is 5.89 Å². The van der Waals surface area contributed by atoms with Crippen LogP contribution in [0.1, 0.15) is 22.6 Å². The van der Waals surface area contributed by atoms with Gasteiger partial charge in [0.05, 0.1) is 0 Å². The van der Waals surface area contributed by atoms with Crippen molar-refractivity contribution in [3.05, 3.63) is 62.4 Å². The van der Waals surface area contributed by atoms with Gasteiger partial charge in [-0.1, -0.05) is 32.7 Å². The minimum Gasteiger partial charge on any atom is -0.483 e. The summed E-state index contributed by atoms with van der Waals surface area (Å²) in [7, 11) is 0. The van der Waals surface area contributed by atoms with Gasteiger partial charge in [0.2, 0.25) is 5.82 Å². The number of ether oxygens (including phenoxy) is 1. The second-order valence-electron chi connectivity index (χ2n) is 5.56. The fourth-order valence-electron chi connectivity index (χ4n) is 2.33. The van der Waals surface area contributed by atoms with Gasteiger partial charge in [-0.25, -0.2) is 0 Å². The zero-order valence-electron chi connectivity index (χ0n) is 13.6. The minimum absolute atomic E-state index is 0.224. The summed E-state index contributed by atoms with van der Waals surface area (Å²) in [4.78, 5) is 4.36. The first-order valence-corrected chi connectivity index (χ1v) is 8.60. The SMILES string of the molecule is Cc1cc(OCc2nc(-c3ccc(Cl)cc3)no2)c(C)c(C)c1Br. The number of benzene rings is 2. The summed E-state index contributed by atoms with van der Waals surface area (Å²) >= 11 is 9.47. The van der Waals surface area contributed by atoms with Gasteiger partial charge >= 0.3 is 0 Å². The van der Waals surface area contributed by atoms with Crippen molar-refractivity contribution in [1.29, 1.82) is 0 Å². The van der Waals surface area contributed by atoms with E-state index in [1.165, 1.54) is 0 Å². The molecule has 0 unspecified atom stereocenters. The van der Waals surface area contributed by atoms with Gasteiger partial charge in [0, 0.05) is 15.1 Å². The Hall–Kier alpha value is -1.85. The van der Waals surface area contributed by atoms with Crippen LogP contribution in [0, 0.1) is 20.8 Å². The van der Waals surface area contributed by atoms with Crippen LogP contribution in [-0.4, -0.2) is 10.1 Å². The molecule has 3 aromatic rings. The molecule has 0 N–H and O–H groups in total. The number of halogens is 2. The molecule has 1 heterocycles. The summed E-state index contributed by atoms with van der Waals surface area (Å²) in [6, 6.07) is 9.29. The van der Waals surface area contributed by atoms with E-state index in [-0.39, 0.29) is 6.61 Å². The van der Waals surface area contributed by atoms with Crippen LogP contribution < -0.4 is 4.74 Å². The van der Waals surface area contributed by atoms with Crippen molar-refractivity contribution in [2.45, 2.75) is 27.4 Å². The van der Waals surface area contributed by atoms with Gasteiger partial charge < -0.3 is 9.26 Å². The van der Waals surface area contributed by atoms with Crippen LogP contribution in [0.15, 0.2) is 39.3 Å². The molecule has 1 aromatic heterocycles. The lowest BCUT2D eigenvalue weighted by Crippen LogP contribution is -2.00. The van der Waals surface area contributed by atoms with Crippen molar-refractivity contribution >= 4 is 27.5 Å². The molecule has 0 saturated heterocycles. The van der Waals surface area contributed by atoms with Crippen LogP contribution in [0.25, 0.3) is 11.4 Å². The Bertz CT molecular complexity index is 875. The molecule has 124 valence electrons. The average molecular weight is 408 g/mol. The van der Waals surface area contributed by atoms with Crippen LogP contribution in [-0.2, 0) is 6.61 Å². The lowest BCUT2D eigenvalue weighted by molar-refractivity contribution is 0.241. The van der Waals surface area contributed by atoms with E-state index in [9.17, 15) is 0 Å². The lowest BCUT2D eigenvalue weighted by atomic mass is 10.1. The van der Waals surface area contributed by atoms with E-state index in [1.807, 2.05) is 32.0 Å². The highest BCUT2D eigenvalue weighted by molar-refractivity contribution is 9.10. The fraction of sp³-hybridized carbons (Fsp3) is 0.222. The van der Waals surface area contributed by atoms with Crippen LogP contribution >= 0.6 is 27.5 Å². The molecule has 0 bridgehead atoms. The maximum absolute atomic E-state index is 5.89. The van der Waals surface area contributed by atoms with Crippen molar-refractivity contribution in [3.8, 4) is 17.1 Å². The number of hydrogen-bond acceptors (Lipinski definition) is 4. The molecule has 24 heavy (non-hydrogen) atoms. The van der Waals surface area contributed by atoms with Crippen molar-refractivity contribution in [2.75, 3.05) is 0 Å². The number of aromatic nitrogens is 2. The van der Waals surface area contributed by atoms with Gasteiger partial charge in [-0.15, -0.1) is 0 Å². The monoisotopic (exact) mass is 406 g/mol. The molecule has 4 nitrogen and oxygen atoms in total. The molecule has 0 aliphatic rings. The van der Waals surface area contributed by atoms with Crippen LogP contribution in [0.5, 0.6) is 5.75 Å². The van der Waals surface area contributed by atoms with Crippen molar-refractivity contribution in [2.24, 2.45) is 0 Å². The summed E-state index contributed by atoms with van der Waals surface area (Å²) in [6.07, 6.45) is 0. The van der Waals surface area contributed by atoms with Crippen LogP contribution in [0.4, 0.5) is 0 Å². The standard InChI is InChI=1S/C18H16BrClN2O2/c1-10-8-15(11(2)12(3)17(10)19)23-9-16-21-18(22-24-16)13-4-6-14(20)7-5-13/h4-8H,9H2,1-3H3. The van der Waals surface area contributed by atoms with E-state index >= 15 is 0 Å². The topological polar surface area (TPSA) is 48.2 Å². The summed E-state index contributed by atoms with van der Waals surface area (Å²) in [6.45, 7) is 6.35. The summed E-state index contributed by atoms with van der Waals surface area (Å²) in [5.74, 6) is 1.77. The Kier molecular flexibility index (Phi) is 4.92. The normalized spacial score (nSPS) is 10.9. The molecule has 0 aliphatic carbocycles. The van der Waals surface area contributed by atoms with E-state index < -0.39 is 0 Å². The molecule has 2 aromatic carbocycles. The zero-order valence-corrected chi connectivity index (χ0v) is 15.9. The zero-order chi connectivity index (χ0) is 17.3. The second kappa shape index (κ2) is 6.95. The number of rotatable bonds is 4. The average Bonchev–Trinajstić information content (AvgIpc) is 3.04. The largest absolute Gasteiger partial charge is 0.483 e. The molecule has 0 aliphatic heterocycles. The Morgan fingerprint density at radius 3 is 2.54 bits per heavy atom. The Morgan fingerprint density at radius 2 is 1.83 bits per heavy atom. The highest BCUT2D eigenvalue weighted by Crippen LogP contribution is 2.31. The smallest absolute Gasteiger partial charge is 0.264 e. The molecule has 3 rings (SSSR count). The number of aryl methyl sites for hydroxylation is 1. The highest BCUT2D eigenvalue weighted by atomic mass is 79.9. The summed E-state index contributed by atoms with van der Waals surface area (Å²) in [5.41, 5.74) is 4.23. The van der Waals surface area contributed by atoms with Gasteiger partial charge in [0.15, 0.2) is 6.61 Å². The third-order valence-corrected chi connectivity index (χ3v) is 5.35. The molecular weight excluding hydrogens is 392 g/mol. The first kappa shape index (κ1) is 17.0. The van der Waals surface area contributed by atoms with Crippen LogP contribution in [0.3, 0.4) is 0 Å². The van der Waals surface area contributed by atoms with Gasteiger partial charge in [-0.2, -0.15) is 4.98 Å². The quantitative estimate of drug-likeness (QED) is 0.560. The van der Waals surface area contributed by atoms with Crippen molar-refractivity contribution in [3.63, 3.8) is 0 Å². The predicted octanol–water partition coefficient (Wildman–Crippen LogP) is 5.66. The molecule has 0 amide bonds. The molecule has 0 fully saturated rings. The third-order valence-electron chi connectivity index (χ3n) is 3.88. The highest BCUT2D eigenvalue weighted by Gasteiger charge is 2.12. The van der Waals surface area contributed by atoms with E-state index in [0.29, 0.717) is 16.7 Å². The van der Waals surface area contributed by atoms with Crippen molar-refractivity contribution < 1.29 is 9.26 Å². The lowest BCUT2D eigenvalue weighted by Gasteiger charge is -2.13. The van der Waals surface area contributed by atoms with Crippen LogP contribution in [0.2, 0.25) is 5.02 Å². The summed E-state index contributed by atoms with van der Waals surface area (Å²) < 4.78 is 12.2. The van der Waals surface area contributed by atoms with Gasteiger partial charge in [-0.05, 0) is 67.8 Å². The number of hydrogen-bond donors (Lipinski definition) is 0. The summed E-state index contributed by atoms with van der Waals surface area (Å²) in [5, 5.41) is 4.65. The maximum atomic E-state index is 5.89. The fourth-order valence-corrected chi connectivity index (χ4v) is 2.87. The van der Waals surface area contributed by atoms with Gasteiger partial charge in [-0.3, -0.25) is 0 Å². The first-order chi connectivity index (χ1) is 11.5. The molecule has 0 spiro atoms. The van der Waals surface area contributed by atoms with E-state index in [1.54, 1.807) is 12.1 Å². The van der Waals surface area contributed by atoms with Gasteiger partial charge in [0.1, 0.15) is 5.75 Å². The molecule has 6 heteroatoms. The predicted molar refractivity (Wildman–Crippen MR) is 97.4 cm³/mol. The molecular formula is C18H16BrClN2O2. The number of nitrogens with zero attached hydrogens (tertiary/aromatic N) is 2. The first-order valence-electron chi connectivity index (χ1n) is 7.43. The minimum atomic E-state index is 0.224. The van der Waals surface area contributed by atoms with Crippen molar-refractivity contribution in [1.82, 2.24) is 10.1 Å². The Morgan fingerprint density at radius 1 is 1.12 bits per heavy atom. The molecule has 0 radical (unpaired) electrons.